The molecule has 0 amide bonds. The van der Waals surface area contributed by atoms with E-state index in [2.05, 4.69) is 44.7 Å². The molecule has 0 aliphatic carbocycles. The van der Waals surface area contributed by atoms with Crippen molar-refractivity contribution in [3.63, 3.8) is 0 Å². The molecule has 0 heterocycles. The van der Waals surface area contributed by atoms with Crippen molar-refractivity contribution in [3.05, 3.63) is 71.8 Å². The summed E-state index contributed by atoms with van der Waals surface area (Å²) in [7, 11) is 0. The number of rotatable bonds is 4. The summed E-state index contributed by atoms with van der Waals surface area (Å²) in [5.41, 5.74) is 2.33. The van der Waals surface area contributed by atoms with Crippen molar-refractivity contribution >= 4 is 48.3 Å². The lowest BCUT2D eigenvalue weighted by Crippen LogP contribution is -1.76. The Morgan fingerprint density at radius 2 is 1.00 bits per heavy atom. The standard InChI is InChI=1S/2C8H7NS.H2S/c2*10-7-9-6-8-4-2-1-3-5-8;/h2*1-5H,6H2;1H2. The van der Waals surface area contributed by atoms with Crippen LogP contribution in [0.3, 0.4) is 0 Å². The smallest absolute Gasteiger partial charge is 0.0743 e. The molecular formula is C16H16N2S3. The monoisotopic (exact) mass is 332 g/mol. The van der Waals surface area contributed by atoms with Crippen molar-refractivity contribution in [2.45, 2.75) is 13.1 Å². The van der Waals surface area contributed by atoms with Gasteiger partial charge in [0, 0.05) is 0 Å². The van der Waals surface area contributed by atoms with Crippen LogP contribution < -0.4 is 0 Å². The number of benzene rings is 2. The summed E-state index contributed by atoms with van der Waals surface area (Å²) in [5.74, 6) is 0. The van der Waals surface area contributed by atoms with E-state index in [0.29, 0.717) is 13.1 Å². The second-order valence-electron chi connectivity index (χ2n) is 3.79. The summed E-state index contributed by atoms with van der Waals surface area (Å²) in [5, 5.41) is 4.65. The lowest BCUT2D eigenvalue weighted by Gasteiger charge is -1.90. The fourth-order valence-electron chi connectivity index (χ4n) is 1.41. The topological polar surface area (TPSA) is 24.7 Å². The van der Waals surface area contributed by atoms with E-state index in [1.54, 1.807) is 0 Å². The first-order chi connectivity index (χ1) is 9.86. The van der Waals surface area contributed by atoms with Crippen molar-refractivity contribution in [2.75, 3.05) is 0 Å². The van der Waals surface area contributed by atoms with Crippen LogP contribution in [0.25, 0.3) is 0 Å². The van der Waals surface area contributed by atoms with Crippen LogP contribution in [0.1, 0.15) is 11.1 Å². The van der Waals surface area contributed by atoms with E-state index in [-0.39, 0.29) is 13.5 Å². The van der Waals surface area contributed by atoms with Gasteiger partial charge >= 0.3 is 0 Å². The van der Waals surface area contributed by atoms with Crippen LogP contribution >= 0.6 is 37.9 Å². The maximum absolute atomic E-state index is 4.43. The van der Waals surface area contributed by atoms with Gasteiger partial charge < -0.3 is 0 Å². The summed E-state index contributed by atoms with van der Waals surface area (Å²) in [6.07, 6.45) is 0. The SMILES string of the molecule is S.S=C=NCc1ccccc1.S=C=NCc1ccccc1. The molecular weight excluding hydrogens is 316 g/mol. The Labute approximate surface area is 143 Å². The van der Waals surface area contributed by atoms with Gasteiger partial charge in [-0.2, -0.15) is 13.5 Å². The minimum Gasteiger partial charge on any atom is -0.228 e. The number of aliphatic imine (C=N–C) groups is 2. The fourth-order valence-corrected chi connectivity index (χ4v) is 1.54. The van der Waals surface area contributed by atoms with E-state index in [1.807, 2.05) is 60.7 Å². The highest BCUT2D eigenvalue weighted by Crippen LogP contribution is 1.99. The molecule has 0 bridgehead atoms. The molecule has 0 aromatic heterocycles. The Kier molecular flexibility index (Phi) is 12.4. The molecule has 0 fully saturated rings. The molecule has 0 aliphatic rings. The van der Waals surface area contributed by atoms with Gasteiger partial charge in [0.15, 0.2) is 0 Å². The quantitative estimate of drug-likeness (QED) is 0.599. The van der Waals surface area contributed by atoms with Gasteiger partial charge in [0.1, 0.15) is 0 Å². The molecule has 0 radical (unpaired) electrons. The molecule has 21 heavy (non-hydrogen) atoms. The first-order valence-electron chi connectivity index (χ1n) is 6.02. The van der Waals surface area contributed by atoms with Crippen molar-refractivity contribution in [1.29, 1.82) is 0 Å². The Balaban J connectivity index is 0.000000364. The van der Waals surface area contributed by atoms with Crippen molar-refractivity contribution in [3.8, 4) is 0 Å². The third kappa shape index (κ3) is 9.85. The molecule has 5 heteroatoms. The maximum Gasteiger partial charge on any atom is 0.0743 e. The van der Waals surface area contributed by atoms with Crippen LogP contribution in [0.2, 0.25) is 0 Å². The van der Waals surface area contributed by atoms with E-state index in [9.17, 15) is 0 Å². The van der Waals surface area contributed by atoms with Crippen LogP contribution in [0, 0.1) is 0 Å². The highest BCUT2D eigenvalue weighted by atomic mass is 32.1. The number of hydrogen-bond donors (Lipinski definition) is 0. The Morgan fingerprint density at radius 1 is 0.667 bits per heavy atom. The summed E-state index contributed by atoms with van der Waals surface area (Å²) in [4.78, 5) is 7.61. The Bertz CT molecular complexity index is 532. The molecule has 2 rings (SSSR count). The molecule has 0 unspecified atom stereocenters. The molecule has 108 valence electrons. The van der Waals surface area contributed by atoms with Crippen LogP contribution in [-0.2, 0) is 13.1 Å². The van der Waals surface area contributed by atoms with Gasteiger partial charge in [0.2, 0.25) is 0 Å². The summed E-state index contributed by atoms with van der Waals surface area (Å²) in [6, 6.07) is 19.9. The van der Waals surface area contributed by atoms with Crippen LogP contribution in [0.15, 0.2) is 70.6 Å². The van der Waals surface area contributed by atoms with E-state index >= 15 is 0 Å². The first kappa shape index (κ1) is 19.4. The molecule has 0 N–H and O–H groups in total. The zero-order chi connectivity index (χ0) is 14.5. The lowest BCUT2D eigenvalue weighted by molar-refractivity contribution is 1.08. The van der Waals surface area contributed by atoms with Crippen molar-refractivity contribution in [1.82, 2.24) is 0 Å². The zero-order valence-electron chi connectivity index (χ0n) is 11.4. The second-order valence-corrected chi connectivity index (χ2v) is 4.15. The third-order valence-corrected chi connectivity index (χ3v) is 2.60. The van der Waals surface area contributed by atoms with Crippen LogP contribution in [0.4, 0.5) is 0 Å². The zero-order valence-corrected chi connectivity index (χ0v) is 14.0. The van der Waals surface area contributed by atoms with Gasteiger partial charge in [-0.15, -0.1) is 0 Å². The van der Waals surface area contributed by atoms with E-state index in [0.717, 1.165) is 0 Å². The normalized spacial score (nSPS) is 8.00. The Hall–Kier alpha value is -1.61. The Morgan fingerprint density at radius 3 is 1.29 bits per heavy atom. The average molecular weight is 333 g/mol. The van der Waals surface area contributed by atoms with Gasteiger partial charge in [0.25, 0.3) is 0 Å². The number of hydrogen-bond acceptors (Lipinski definition) is 4. The van der Waals surface area contributed by atoms with Gasteiger partial charge in [-0.3, -0.25) is 0 Å². The van der Waals surface area contributed by atoms with Gasteiger partial charge in [-0.05, 0) is 35.6 Å². The van der Waals surface area contributed by atoms with Crippen LogP contribution in [0.5, 0.6) is 0 Å². The maximum atomic E-state index is 4.43. The molecule has 0 saturated carbocycles. The minimum atomic E-state index is 0. The van der Waals surface area contributed by atoms with Crippen molar-refractivity contribution < 1.29 is 0 Å². The molecule has 0 spiro atoms. The molecule has 0 saturated heterocycles. The van der Waals surface area contributed by atoms with Gasteiger partial charge in [-0.25, -0.2) is 9.98 Å². The molecule has 2 nitrogen and oxygen atoms in total. The largest absolute Gasteiger partial charge is 0.228 e. The molecule has 0 atom stereocenters. The molecule has 0 aliphatic heterocycles. The predicted molar refractivity (Wildman–Crippen MR) is 101 cm³/mol. The molecule has 2 aromatic carbocycles. The number of nitrogens with zero attached hydrogens (tertiary/aromatic N) is 2. The van der Waals surface area contributed by atoms with Crippen LogP contribution in [-0.4, -0.2) is 10.3 Å². The second kappa shape index (κ2) is 13.4. The average Bonchev–Trinajstić information content (AvgIpc) is 2.53. The lowest BCUT2D eigenvalue weighted by atomic mass is 10.2. The summed E-state index contributed by atoms with van der Waals surface area (Å²) >= 11 is 8.87. The van der Waals surface area contributed by atoms with Gasteiger partial charge in [0.05, 0.1) is 23.4 Å². The summed E-state index contributed by atoms with van der Waals surface area (Å²) < 4.78 is 0. The van der Waals surface area contributed by atoms with Crippen molar-refractivity contribution in [2.24, 2.45) is 9.98 Å². The van der Waals surface area contributed by atoms with Gasteiger partial charge in [-0.1, -0.05) is 60.7 Å². The third-order valence-electron chi connectivity index (χ3n) is 2.34. The predicted octanol–water partition coefficient (Wildman–Crippen LogP) is 4.69. The fraction of sp³-hybridized carbons (Fsp3) is 0.125. The number of isothiocyanates is 2. The van der Waals surface area contributed by atoms with E-state index < -0.39 is 0 Å². The number of thiocarbonyl (C=S) groups is 2. The van der Waals surface area contributed by atoms with E-state index in [4.69, 9.17) is 0 Å². The highest BCUT2D eigenvalue weighted by Gasteiger charge is 1.84. The summed E-state index contributed by atoms with van der Waals surface area (Å²) in [6.45, 7) is 1.29. The first-order valence-corrected chi connectivity index (χ1v) is 6.83. The van der Waals surface area contributed by atoms with E-state index in [1.165, 1.54) is 11.1 Å². The minimum absolute atomic E-state index is 0. The molecule has 2 aromatic rings. The highest BCUT2D eigenvalue weighted by molar-refractivity contribution is 7.78.